The lowest BCUT2D eigenvalue weighted by Crippen LogP contribution is -2.75. The first-order chi connectivity index (χ1) is 27.5. The molecule has 1 spiro atoms. The molecule has 0 amide bonds. The van der Waals surface area contributed by atoms with Gasteiger partial charge in [-0.15, -0.1) is 11.8 Å². The largest absolute Gasteiger partial charge is 0.504 e. The van der Waals surface area contributed by atoms with Crippen LogP contribution in [0.4, 0.5) is 0 Å². The van der Waals surface area contributed by atoms with E-state index in [1.165, 1.54) is 0 Å². The number of carbonyl (C=O) groups is 1. The van der Waals surface area contributed by atoms with Crippen molar-refractivity contribution in [3.05, 3.63) is 68.9 Å². The summed E-state index contributed by atoms with van der Waals surface area (Å²) in [5.41, 5.74) is 6.71. The maximum Gasteiger partial charge on any atom is 0.333 e. The number of aliphatic hydroxyl groups excluding tert-OH is 1. The third-order valence-corrected chi connectivity index (χ3v) is 16.0. The summed E-state index contributed by atoms with van der Waals surface area (Å²) in [6.45, 7) is 8.57. The fourth-order valence-corrected chi connectivity index (χ4v) is 13.9. The molecular formula is C43H48N4O9S. The van der Waals surface area contributed by atoms with Crippen LogP contribution in [0.25, 0.3) is 10.9 Å². The minimum absolute atomic E-state index is 0.0372. The Morgan fingerprint density at radius 2 is 1.81 bits per heavy atom. The lowest BCUT2D eigenvalue weighted by atomic mass is 9.70. The van der Waals surface area contributed by atoms with Crippen LogP contribution in [0.1, 0.15) is 82.2 Å². The number of esters is 1. The van der Waals surface area contributed by atoms with Crippen LogP contribution < -0.4 is 29.0 Å². The van der Waals surface area contributed by atoms with Crippen molar-refractivity contribution >= 4 is 28.6 Å². The Kier molecular flexibility index (Phi) is 7.60. The molecule has 0 radical (unpaired) electrons. The van der Waals surface area contributed by atoms with E-state index in [2.05, 4.69) is 40.0 Å². The van der Waals surface area contributed by atoms with Gasteiger partial charge in [-0.1, -0.05) is 0 Å². The number of methoxy groups -OCH3 is 3. The number of rotatable bonds is 4. The molecule has 12 rings (SSSR count). The Labute approximate surface area is 334 Å². The van der Waals surface area contributed by atoms with Crippen LogP contribution in [0.3, 0.4) is 0 Å². The summed E-state index contributed by atoms with van der Waals surface area (Å²) in [6, 6.07) is 7.06. The van der Waals surface area contributed by atoms with Gasteiger partial charge in [-0.3, -0.25) is 15.1 Å². The van der Waals surface area contributed by atoms with E-state index in [1.807, 2.05) is 32.0 Å². The maximum atomic E-state index is 15.1. The average Bonchev–Trinajstić information content (AvgIpc) is 3.89. The number of aromatic nitrogens is 1. The molecule has 13 nitrogen and oxygen atoms in total. The van der Waals surface area contributed by atoms with Gasteiger partial charge in [0.15, 0.2) is 28.5 Å². The summed E-state index contributed by atoms with van der Waals surface area (Å²) in [6.07, 6.45) is 1.44. The quantitative estimate of drug-likeness (QED) is 0.202. The number of nitrogens with one attached hydrogen (secondary N) is 2. The number of carbonyl (C=O) groups excluding carboxylic acids is 1. The highest BCUT2D eigenvalue weighted by atomic mass is 32.2. The van der Waals surface area contributed by atoms with Crippen molar-refractivity contribution < 1.29 is 43.4 Å². The van der Waals surface area contributed by atoms with Crippen LogP contribution in [0.2, 0.25) is 0 Å². The zero-order valence-electron chi connectivity index (χ0n) is 33.1. The fraction of sp³-hybridized carbons (Fsp3) is 0.512. The summed E-state index contributed by atoms with van der Waals surface area (Å²) >= 11 is 1.69. The highest BCUT2D eigenvalue weighted by Crippen LogP contribution is 2.71. The monoisotopic (exact) mass is 796 g/mol. The van der Waals surface area contributed by atoms with Crippen molar-refractivity contribution in [2.24, 2.45) is 0 Å². The first-order valence-electron chi connectivity index (χ1n) is 19.8. The van der Waals surface area contributed by atoms with Crippen molar-refractivity contribution in [1.82, 2.24) is 20.1 Å². The van der Waals surface area contributed by atoms with E-state index in [0.717, 1.165) is 67.7 Å². The Balaban J connectivity index is 1.16. The molecular weight excluding hydrogens is 749 g/mol. The number of thioether (sulfide) groups is 1. The van der Waals surface area contributed by atoms with Gasteiger partial charge < -0.3 is 43.6 Å². The minimum atomic E-state index is -1.33. The second-order valence-electron chi connectivity index (χ2n) is 17.0. The number of phenols is 1. The Bertz CT molecular complexity index is 2420. The summed E-state index contributed by atoms with van der Waals surface area (Å²) in [5.74, 6) is 3.32. The summed E-state index contributed by atoms with van der Waals surface area (Å²) in [4.78, 5) is 23.9. The number of aromatic hydroxyl groups is 1. The summed E-state index contributed by atoms with van der Waals surface area (Å²) in [7, 11) is 4.97. The third kappa shape index (κ3) is 4.32. The fourth-order valence-electron chi connectivity index (χ4n) is 12.2. The van der Waals surface area contributed by atoms with E-state index in [1.54, 1.807) is 33.1 Å². The minimum Gasteiger partial charge on any atom is -0.504 e. The smallest absolute Gasteiger partial charge is 0.333 e. The van der Waals surface area contributed by atoms with E-state index < -0.39 is 23.6 Å². The molecule has 8 aliphatic rings. The van der Waals surface area contributed by atoms with Gasteiger partial charge in [-0.05, 0) is 81.5 Å². The maximum absolute atomic E-state index is 15.1. The van der Waals surface area contributed by atoms with E-state index in [9.17, 15) is 10.2 Å². The number of ether oxygens (including phenoxy) is 6. The van der Waals surface area contributed by atoms with Crippen molar-refractivity contribution in [2.75, 3.05) is 47.1 Å². The SMILES string of the molecule is COc1ccc2[nH]c3c(c2c1)C[C@H](CO)N[C@]31CS[C@@H]2c3c(OC)c(C)c4c(c3[C@H](COC1=O)N1C2C2c3c(cc(C)c(OC)c3O)[C@@]3(C)C[C@H]([C@@H]1C)N23)OCO4. The molecule has 14 heteroatoms. The van der Waals surface area contributed by atoms with Crippen LogP contribution in [0.15, 0.2) is 24.3 Å². The Morgan fingerprint density at radius 1 is 1.02 bits per heavy atom. The highest BCUT2D eigenvalue weighted by molar-refractivity contribution is 7.99. The molecule has 2 unspecified atom stereocenters. The molecule has 1 aromatic heterocycles. The van der Waals surface area contributed by atoms with Crippen molar-refractivity contribution in [3.8, 4) is 34.5 Å². The zero-order valence-corrected chi connectivity index (χ0v) is 34.0. The molecule has 3 fully saturated rings. The second kappa shape index (κ2) is 12.1. The van der Waals surface area contributed by atoms with Gasteiger partial charge in [0.25, 0.3) is 0 Å². The number of aromatic amines is 1. The molecule has 4 aromatic rings. The predicted octanol–water partition coefficient (Wildman–Crippen LogP) is 5.15. The molecule has 8 aliphatic heterocycles. The number of phenolic OH excluding ortho intramolecular Hbond substituents is 1. The molecule has 0 aliphatic carbocycles. The number of hydrogen-bond donors (Lipinski definition) is 4. The highest BCUT2D eigenvalue weighted by Gasteiger charge is 2.70. The lowest BCUT2D eigenvalue weighted by molar-refractivity contribution is -0.195. The van der Waals surface area contributed by atoms with Crippen LogP contribution in [-0.2, 0) is 27.0 Å². The van der Waals surface area contributed by atoms with Gasteiger partial charge in [-0.25, -0.2) is 4.79 Å². The number of hydrogen-bond acceptors (Lipinski definition) is 13. The predicted molar refractivity (Wildman–Crippen MR) is 212 cm³/mol. The molecule has 9 atom stereocenters. The van der Waals surface area contributed by atoms with E-state index in [-0.39, 0.29) is 66.5 Å². The summed E-state index contributed by atoms with van der Waals surface area (Å²) in [5, 5.41) is 27.3. The normalized spacial score (nSPS) is 33.2. The molecule has 3 saturated heterocycles. The first kappa shape index (κ1) is 35.8. The molecule has 2 bridgehead atoms. The van der Waals surface area contributed by atoms with Crippen molar-refractivity contribution in [2.45, 2.75) is 93.1 Å². The van der Waals surface area contributed by atoms with Crippen molar-refractivity contribution in [3.63, 3.8) is 0 Å². The number of piperazine rings is 1. The van der Waals surface area contributed by atoms with Crippen LogP contribution in [-0.4, -0.2) is 102 Å². The van der Waals surface area contributed by atoms with Gasteiger partial charge in [0.1, 0.15) is 18.1 Å². The molecule has 0 saturated carbocycles. The van der Waals surface area contributed by atoms with E-state index in [4.69, 9.17) is 28.4 Å². The average molecular weight is 797 g/mol. The van der Waals surface area contributed by atoms with Crippen LogP contribution in [0, 0.1) is 13.8 Å². The van der Waals surface area contributed by atoms with Gasteiger partial charge in [0.2, 0.25) is 6.79 Å². The van der Waals surface area contributed by atoms with Gasteiger partial charge in [0.05, 0.1) is 51.0 Å². The molecule has 57 heavy (non-hydrogen) atoms. The first-order valence-corrected chi connectivity index (χ1v) is 20.9. The van der Waals surface area contributed by atoms with Crippen molar-refractivity contribution in [1.29, 1.82) is 0 Å². The van der Waals surface area contributed by atoms with E-state index in [0.29, 0.717) is 29.4 Å². The summed E-state index contributed by atoms with van der Waals surface area (Å²) < 4.78 is 37.0. The Hall–Kier alpha value is -4.34. The van der Waals surface area contributed by atoms with E-state index >= 15 is 4.79 Å². The second-order valence-corrected chi connectivity index (χ2v) is 18.2. The number of aryl methyl sites for hydroxylation is 1. The van der Waals surface area contributed by atoms with Gasteiger partial charge in [-0.2, -0.15) is 0 Å². The molecule has 3 aromatic carbocycles. The van der Waals surface area contributed by atoms with Crippen LogP contribution >= 0.6 is 11.8 Å². The number of fused-ring (bicyclic) bond motifs is 10. The molecule has 300 valence electrons. The third-order valence-electron chi connectivity index (χ3n) is 14.5. The molecule has 4 N–H and O–H groups in total. The van der Waals surface area contributed by atoms with Crippen LogP contribution in [0.5, 0.6) is 34.5 Å². The topological polar surface area (TPSA) is 147 Å². The molecule has 9 heterocycles. The standard InChI is InChI=1S/C43H48N4O9S/c1-18-10-25-29(34(49)35(18)52-6)32-33-39-31-30(38-37(55-17-56-38)19(2)36(31)53-7)28(46(33)20(3)27-13-42(25,4)47(27)32)15-54-41(50)43(16-57-39)40-24(11-21(14-48)45-43)23-12-22(51-5)8-9-26(23)44-40/h8-10,12,20-21,27-28,32-33,39,44-45,48-49H,11,13-17H2,1-7H3/t20-,21+,27+,28-,32?,33?,39+,42+,43+/m0/s1. The number of aliphatic hydroxyl groups is 1. The van der Waals surface area contributed by atoms with Gasteiger partial charge in [0, 0.05) is 68.6 Å². The van der Waals surface area contributed by atoms with Gasteiger partial charge >= 0.3 is 5.97 Å². The number of nitrogens with zero attached hydrogens (tertiary/aromatic N) is 2. The Morgan fingerprint density at radius 3 is 2.56 bits per heavy atom. The zero-order chi connectivity index (χ0) is 39.4. The number of benzene rings is 3. The number of H-pyrrole nitrogens is 1. The lowest BCUT2D eigenvalue weighted by Gasteiger charge is -2.68.